The number of hydrogen-bond acceptors (Lipinski definition) is 13. The van der Waals surface area contributed by atoms with Crippen LogP contribution in [0.25, 0.3) is 6.08 Å². The van der Waals surface area contributed by atoms with Crippen LogP contribution in [0.15, 0.2) is 83.5 Å². The molecule has 0 bridgehead atoms. The number of aliphatic carboxylic acids is 4. The molecule has 1 saturated heterocycles. The Balaban J connectivity index is 0.863. The Hall–Kier alpha value is -5.38. The molecular weight excluding hydrogens is 993 g/mol. The molecule has 7 rings (SSSR count). The van der Waals surface area contributed by atoms with Crippen molar-refractivity contribution in [3.8, 4) is 0 Å². The third-order valence-corrected chi connectivity index (χ3v) is 16.7. The van der Waals surface area contributed by atoms with Gasteiger partial charge in [-0.05, 0) is 128 Å². The first-order valence-corrected chi connectivity index (χ1v) is 27.4. The summed E-state index contributed by atoms with van der Waals surface area (Å²) >= 11 is 5.56. The fraction of sp³-hybridized carbons (Fsp3) is 0.579. The van der Waals surface area contributed by atoms with Crippen molar-refractivity contribution in [2.75, 3.05) is 110 Å². The van der Waals surface area contributed by atoms with Crippen molar-refractivity contribution in [1.82, 2.24) is 24.9 Å². The van der Waals surface area contributed by atoms with Crippen molar-refractivity contribution < 1.29 is 59.0 Å². The lowest BCUT2D eigenvalue weighted by Gasteiger charge is -2.54. The van der Waals surface area contributed by atoms with Crippen LogP contribution < -0.4 is 10.6 Å². The maximum Gasteiger partial charge on any atom is 0.317 e. The normalized spacial score (nSPS) is 26.1. The van der Waals surface area contributed by atoms with Crippen molar-refractivity contribution in [1.29, 1.82) is 0 Å². The SMILES string of the molecule is C[C@]12C[C@H](CCCOCCOCCNC(=S)Nc3ccc(CC4CN(CC(=O)O)CCN(CC(=O)O)CCN(CC(=O)O)CCN4CC(=O)O)cc3)C3=C4CCC(=O)C=C4CCC3C1CC[C@@]2(O)/C=C/c1ccccc1. The van der Waals surface area contributed by atoms with Gasteiger partial charge < -0.3 is 45.6 Å². The number of carbonyl (C=O) groups is 5. The molecule has 18 nitrogen and oxygen atoms in total. The van der Waals surface area contributed by atoms with E-state index in [1.54, 1.807) is 25.2 Å². The predicted octanol–water partition coefficient (Wildman–Crippen LogP) is 5.13. The summed E-state index contributed by atoms with van der Waals surface area (Å²) in [6.07, 6.45) is 14.3. The second-order valence-corrected chi connectivity index (χ2v) is 21.9. The molecule has 1 aliphatic heterocycles. The van der Waals surface area contributed by atoms with Crippen LogP contribution in [0, 0.1) is 23.2 Å². The monoisotopic (exact) mass is 1070 g/mol. The first-order chi connectivity index (χ1) is 36.5. The zero-order valence-corrected chi connectivity index (χ0v) is 44.7. The second kappa shape index (κ2) is 27.8. The van der Waals surface area contributed by atoms with Gasteiger partial charge in [-0.25, -0.2) is 0 Å². The summed E-state index contributed by atoms with van der Waals surface area (Å²) in [5.41, 5.74) is 5.74. The van der Waals surface area contributed by atoms with Crippen LogP contribution in [0.3, 0.4) is 0 Å². The number of aliphatic hydroxyl groups is 1. The Kier molecular flexibility index (Phi) is 21.3. The molecule has 7 N–H and O–H groups in total. The summed E-state index contributed by atoms with van der Waals surface area (Å²) in [5, 5.41) is 58.0. The summed E-state index contributed by atoms with van der Waals surface area (Å²) in [6, 6.07) is 17.2. The van der Waals surface area contributed by atoms with E-state index in [-0.39, 0.29) is 83.2 Å². The maximum atomic E-state index is 12.5. The first kappa shape index (κ1) is 58.3. The van der Waals surface area contributed by atoms with Gasteiger partial charge in [0.2, 0.25) is 0 Å². The van der Waals surface area contributed by atoms with E-state index in [9.17, 15) is 49.5 Å². The quantitative estimate of drug-likeness (QED) is 0.0563. The van der Waals surface area contributed by atoms with Crippen molar-refractivity contribution in [3.63, 3.8) is 0 Å². The van der Waals surface area contributed by atoms with Gasteiger partial charge in [-0.2, -0.15) is 0 Å². The molecular formula is C57H78N6O12S. The van der Waals surface area contributed by atoms with E-state index in [4.69, 9.17) is 21.7 Å². The molecule has 414 valence electrons. The Morgan fingerprint density at radius 1 is 0.763 bits per heavy atom. The van der Waals surface area contributed by atoms with Gasteiger partial charge in [0.1, 0.15) is 0 Å². The number of carboxylic acid groups (broad SMARTS) is 4. The van der Waals surface area contributed by atoms with Gasteiger partial charge in [-0.15, -0.1) is 0 Å². The van der Waals surface area contributed by atoms with Crippen molar-refractivity contribution >= 4 is 58.8 Å². The summed E-state index contributed by atoms with van der Waals surface area (Å²) in [5.74, 6) is -2.90. The Bertz CT molecular complexity index is 2440. The maximum absolute atomic E-state index is 12.5. The molecule has 76 heavy (non-hydrogen) atoms. The highest BCUT2D eigenvalue weighted by Gasteiger charge is 2.61. The molecule has 4 aliphatic carbocycles. The third-order valence-electron chi connectivity index (χ3n) is 16.4. The molecule has 6 atom stereocenters. The fourth-order valence-electron chi connectivity index (χ4n) is 12.7. The minimum absolute atomic E-state index is 0.174. The van der Waals surface area contributed by atoms with Crippen LogP contribution in [-0.2, 0) is 39.9 Å². The highest BCUT2D eigenvalue weighted by atomic mass is 32.1. The molecule has 5 aliphatic rings. The van der Waals surface area contributed by atoms with Gasteiger partial charge in [0.05, 0.1) is 51.6 Å². The van der Waals surface area contributed by atoms with Gasteiger partial charge in [-0.3, -0.25) is 43.6 Å². The zero-order valence-electron chi connectivity index (χ0n) is 43.9. The van der Waals surface area contributed by atoms with Crippen LogP contribution >= 0.6 is 12.2 Å². The number of thiocarbonyl (C=S) groups is 1. The highest BCUT2D eigenvalue weighted by molar-refractivity contribution is 7.80. The van der Waals surface area contributed by atoms with E-state index in [1.807, 2.05) is 48.5 Å². The lowest BCUT2D eigenvalue weighted by Crippen LogP contribution is -2.53. The standard InChI is InChI=1S/C57H78N6O12S/c1-56-34-43(54-47-16-14-46(64)33-42(47)11-15-48(54)49(56)18-20-57(56,73)19-17-40-6-3-2-4-7-40)8-5-28-74-30-31-75-29-21-58-55(76)59-44-12-9-41(10-13-44)32-45-35-62(38-52(69)70)25-24-60(36-50(65)66)22-23-61(37-51(67)68)26-27-63(45)39-53(71)72/h2-4,6-7,9-10,12-13,17,19,33,43,45,48-49,73H,5,8,11,14-16,18,20-32,34-39H2,1H3,(H,65,66)(H,67,68)(H,69,70)(H,71,72)(H2,58,59,76)/b19-17+/t43-,45?,48?,49?,56-,57-/m0/s1. The Labute approximate surface area is 451 Å². The molecule has 2 saturated carbocycles. The lowest BCUT2D eigenvalue weighted by atomic mass is 9.51. The van der Waals surface area contributed by atoms with Crippen LogP contribution in [0.4, 0.5) is 5.69 Å². The average Bonchev–Trinajstić information content (AvgIpc) is 3.65. The molecule has 2 aromatic rings. The molecule has 0 spiro atoms. The second-order valence-electron chi connectivity index (χ2n) is 21.5. The topological polar surface area (TPSA) is 242 Å². The van der Waals surface area contributed by atoms with E-state index in [0.29, 0.717) is 68.7 Å². The van der Waals surface area contributed by atoms with E-state index in [2.05, 4.69) is 41.8 Å². The number of rotatable bonds is 23. The molecule has 0 aromatic heterocycles. The minimum Gasteiger partial charge on any atom is -0.480 e. The number of ether oxygens (including phenoxy) is 2. The zero-order chi connectivity index (χ0) is 54.2. The summed E-state index contributed by atoms with van der Waals surface area (Å²) in [7, 11) is 0. The molecule has 2 aromatic carbocycles. The number of allylic oxidation sites excluding steroid dienone is 4. The Morgan fingerprint density at radius 2 is 1.39 bits per heavy atom. The van der Waals surface area contributed by atoms with E-state index in [1.165, 1.54) is 11.1 Å². The van der Waals surface area contributed by atoms with Crippen molar-refractivity contribution in [3.05, 3.63) is 94.6 Å². The first-order valence-electron chi connectivity index (χ1n) is 27.0. The minimum atomic E-state index is -1.08. The highest BCUT2D eigenvalue weighted by Crippen LogP contribution is 2.66. The smallest absolute Gasteiger partial charge is 0.317 e. The number of hydrogen-bond donors (Lipinski definition) is 7. The molecule has 0 amide bonds. The molecule has 1 heterocycles. The van der Waals surface area contributed by atoms with E-state index in [0.717, 1.165) is 68.2 Å². The number of nitrogens with zero attached hydrogens (tertiary/aromatic N) is 4. The number of carboxylic acids is 4. The van der Waals surface area contributed by atoms with Gasteiger partial charge in [0.25, 0.3) is 0 Å². The summed E-state index contributed by atoms with van der Waals surface area (Å²) in [6.45, 7) is 4.87. The Morgan fingerprint density at radius 3 is 2.07 bits per heavy atom. The van der Waals surface area contributed by atoms with Crippen LogP contribution in [0.2, 0.25) is 0 Å². The molecule has 3 unspecified atom stereocenters. The number of benzene rings is 2. The van der Waals surface area contributed by atoms with Gasteiger partial charge in [0.15, 0.2) is 10.9 Å². The third kappa shape index (κ3) is 16.3. The number of carbonyl (C=O) groups excluding carboxylic acids is 1. The lowest BCUT2D eigenvalue weighted by molar-refractivity contribution is -0.142. The number of anilines is 1. The number of nitrogens with one attached hydrogen (secondary N) is 2. The van der Waals surface area contributed by atoms with E-state index >= 15 is 0 Å². The predicted molar refractivity (Wildman–Crippen MR) is 292 cm³/mol. The molecule has 0 radical (unpaired) electrons. The van der Waals surface area contributed by atoms with Crippen molar-refractivity contribution in [2.24, 2.45) is 23.2 Å². The largest absolute Gasteiger partial charge is 0.480 e. The summed E-state index contributed by atoms with van der Waals surface area (Å²) < 4.78 is 11.9. The number of ketones is 1. The average molecular weight is 1070 g/mol. The van der Waals surface area contributed by atoms with Crippen LogP contribution in [0.1, 0.15) is 75.8 Å². The van der Waals surface area contributed by atoms with E-state index < -0.39 is 35.5 Å². The van der Waals surface area contributed by atoms with Crippen molar-refractivity contribution in [2.45, 2.75) is 82.8 Å². The van der Waals surface area contributed by atoms with Gasteiger partial charge in [-0.1, -0.05) is 67.1 Å². The van der Waals surface area contributed by atoms with Gasteiger partial charge >= 0.3 is 23.9 Å². The van der Waals surface area contributed by atoms with Crippen LogP contribution in [0.5, 0.6) is 0 Å². The fourth-order valence-corrected chi connectivity index (χ4v) is 12.9. The summed E-state index contributed by atoms with van der Waals surface area (Å²) in [4.78, 5) is 66.8. The molecule has 3 fully saturated rings. The number of fused-ring (bicyclic) bond motifs is 4. The van der Waals surface area contributed by atoms with Crippen LogP contribution in [-0.4, -0.2) is 197 Å². The molecule has 19 heteroatoms. The van der Waals surface area contributed by atoms with Gasteiger partial charge in [0, 0.05) is 82.5 Å².